The summed E-state index contributed by atoms with van der Waals surface area (Å²) in [6.07, 6.45) is 5.38. The van der Waals surface area contributed by atoms with Gasteiger partial charge < -0.3 is 9.80 Å². The van der Waals surface area contributed by atoms with Crippen LogP contribution in [-0.2, 0) is 0 Å². The summed E-state index contributed by atoms with van der Waals surface area (Å²) in [5, 5.41) is 9.36. The first-order valence-electron chi connectivity index (χ1n) is 7.82. The fourth-order valence-corrected chi connectivity index (χ4v) is 3.17. The zero-order valence-electron chi connectivity index (χ0n) is 13.7. The molecule has 4 heteroatoms. The predicted molar refractivity (Wildman–Crippen MR) is 86.6 cm³/mol. The average Bonchev–Trinajstić information content (AvgIpc) is 2.97. The van der Waals surface area contributed by atoms with Gasteiger partial charge in [0.2, 0.25) is 0 Å². The van der Waals surface area contributed by atoms with Crippen molar-refractivity contribution in [3.8, 4) is 6.07 Å². The Kier molecular flexibility index (Phi) is 5.19. The van der Waals surface area contributed by atoms with Crippen molar-refractivity contribution < 1.29 is 0 Å². The van der Waals surface area contributed by atoms with Crippen molar-refractivity contribution in [1.29, 1.82) is 5.26 Å². The van der Waals surface area contributed by atoms with Crippen molar-refractivity contribution in [2.24, 2.45) is 0 Å². The summed E-state index contributed by atoms with van der Waals surface area (Å²) in [7, 11) is 4.24. The fourth-order valence-electron chi connectivity index (χ4n) is 3.17. The van der Waals surface area contributed by atoms with Crippen molar-refractivity contribution in [3.05, 3.63) is 22.9 Å². The van der Waals surface area contributed by atoms with Crippen LogP contribution in [0.15, 0.2) is 6.07 Å². The Balaban J connectivity index is 2.03. The maximum absolute atomic E-state index is 9.36. The van der Waals surface area contributed by atoms with Gasteiger partial charge in [0.25, 0.3) is 0 Å². The van der Waals surface area contributed by atoms with Crippen LogP contribution >= 0.6 is 0 Å². The van der Waals surface area contributed by atoms with E-state index >= 15 is 0 Å². The molecular weight excluding hydrogens is 260 g/mol. The SMILES string of the molecule is Cc1cc(C)c(C#N)c(N(C)CCN(C)C2CCCC2)n1. The Morgan fingerprint density at radius 2 is 1.90 bits per heavy atom. The van der Waals surface area contributed by atoms with Crippen molar-refractivity contribution in [2.75, 3.05) is 32.1 Å². The third-order valence-corrected chi connectivity index (χ3v) is 4.54. The lowest BCUT2D eigenvalue weighted by Crippen LogP contribution is -2.36. The zero-order valence-corrected chi connectivity index (χ0v) is 13.7. The third kappa shape index (κ3) is 3.74. The van der Waals surface area contributed by atoms with E-state index in [-0.39, 0.29) is 0 Å². The largest absolute Gasteiger partial charge is 0.357 e. The number of hydrogen-bond acceptors (Lipinski definition) is 4. The highest BCUT2D eigenvalue weighted by molar-refractivity contribution is 5.57. The van der Waals surface area contributed by atoms with Gasteiger partial charge in [-0.25, -0.2) is 4.98 Å². The molecule has 1 fully saturated rings. The summed E-state index contributed by atoms with van der Waals surface area (Å²) < 4.78 is 0. The number of aromatic nitrogens is 1. The van der Waals surface area contributed by atoms with Crippen molar-refractivity contribution >= 4 is 5.82 Å². The van der Waals surface area contributed by atoms with Gasteiger partial charge in [-0.2, -0.15) is 5.26 Å². The maximum Gasteiger partial charge on any atom is 0.146 e. The molecule has 0 spiro atoms. The zero-order chi connectivity index (χ0) is 15.4. The van der Waals surface area contributed by atoms with Crippen LogP contribution in [0.3, 0.4) is 0 Å². The highest BCUT2D eigenvalue weighted by atomic mass is 15.2. The standard InChI is InChI=1S/C17H26N4/c1-13-11-14(2)19-17(16(13)12-18)21(4)10-9-20(3)15-7-5-6-8-15/h11,15H,5-10H2,1-4H3. The van der Waals surface area contributed by atoms with Crippen LogP contribution in [0.2, 0.25) is 0 Å². The number of aryl methyl sites for hydroxylation is 2. The van der Waals surface area contributed by atoms with E-state index in [1.54, 1.807) is 0 Å². The molecular formula is C17H26N4. The van der Waals surface area contributed by atoms with Gasteiger partial charge in [-0.15, -0.1) is 0 Å². The number of rotatable bonds is 5. The van der Waals surface area contributed by atoms with Crippen LogP contribution in [0, 0.1) is 25.2 Å². The Hall–Kier alpha value is -1.60. The van der Waals surface area contributed by atoms with E-state index in [0.717, 1.165) is 36.2 Å². The van der Waals surface area contributed by atoms with Crippen LogP contribution in [0.1, 0.15) is 42.5 Å². The summed E-state index contributed by atoms with van der Waals surface area (Å²) in [6, 6.07) is 5.01. The van der Waals surface area contributed by atoms with Gasteiger partial charge in [0, 0.05) is 31.9 Å². The number of pyridine rings is 1. The molecule has 1 aromatic heterocycles. The fraction of sp³-hybridized carbons (Fsp3) is 0.647. The second-order valence-corrected chi connectivity index (χ2v) is 6.23. The molecule has 1 aliphatic carbocycles. The van der Waals surface area contributed by atoms with E-state index in [0.29, 0.717) is 5.56 Å². The molecule has 1 saturated carbocycles. The molecule has 0 N–H and O–H groups in total. The minimum atomic E-state index is 0.701. The van der Waals surface area contributed by atoms with E-state index in [9.17, 15) is 5.26 Å². The molecule has 2 rings (SSSR count). The summed E-state index contributed by atoms with van der Waals surface area (Å²) in [5.41, 5.74) is 2.68. The highest BCUT2D eigenvalue weighted by Crippen LogP contribution is 2.23. The molecule has 0 bridgehead atoms. The molecule has 1 heterocycles. The first kappa shape index (κ1) is 15.8. The van der Waals surface area contributed by atoms with E-state index in [2.05, 4.69) is 27.9 Å². The Labute approximate surface area is 128 Å². The number of nitrogens with zero attached hydrogens (tertiary/aromatic N) is 4. The molecule has 0 aromatic carbocycles. The van der Waals surface area contributed by atoms with Gasteiger partial charge in [0.1, 0.15) is 11.9 Å². The van der Waals surface area contributed by atoms with E-state index in [1.165, 1.54) is 25.7 Å². The van der Waals surface area contributed by atoms with Crippen LogP contribution in [0.25, 0.3) is 0 Å². The van der Waals surface area contributed by atoms with Gasteiger partial charge in [-0.05, 0) is 45.4 Å². The second-order valence-electron chi connectivity index (χ2n) is 6.23. The third-order valence-electron chi connectivity index (χ3n) is 4.54. The van der Waals surface area contributed by atoms with Crippen LogP contribution in [-0.4, -0.2) is 43.1 Å². The highest BCUT2D eigenvalue weighted by Gasteiger charge is 2.20. The van der Waals surface area contributed by atoms with E-state index in [1.807, 2.05) is 27.0 Å². The first-order valence-corrected chi connectivity index (χ1v) is 7.82. The average molecular weight is 286 g/mol. The Morgan fingerprint density at radius 1 is 1.24 bits per heavy atom. The number of likely N-dealkylation sites (N-methyl/N-ethyl adjacent to an activating group) is 2. The molecule has 0 atom stereocenters. The predicted octanol–water partition coefficient (Wildman–Crippen LogP) is 2.88. The van der Waals surface area contributed by atoms with Crippen LogP contribution < -0.4 is 4.90 Å². The Morgan fingerprint density at radius 3 is 2.52 bits per heavy atom. The molecule has 4 nitrogen and oxygen atoms in total. The maximum atomic E-state index is 9.36. The number of anilines is 1. The lowest BCUT2D eigenvalue weighted by molar-refractivity contribution is 0.251. The first-order chi connectivity index (χ1) is 10.0. The van der Waals surface area contributed by atoms with E-state index < -0.39 is 0 Å². The normalized spacial score (nSPS) is 15.4. The second kappa shape index (κ2) is 6.91. The van der Waals surface area contributed by atoms with Gasteiger partial charge in [-0.3, -0.25) is 0 Å². The minimum absolute atomic E-state index is 0.701. The smallest absolute Gasteiger partial charge is 0.146 e. The van der Waals surface area contributed by atoms with Gasteiger partial charge in [-0.1, -0.05) is 12.8 Å². The van der Waals surface area contributed by atoms with Crippen LogP contribution in [0.4, 0.5) is 5.82 Å². The molecule has 0 saturated heterocycles. The lowest BCUT2D eigenvalue weighted by atomic mass is 10.1. The molecule has 114 valence electrons. The number of nitriles is 1. The Bertz CT molecular complexity index is 526. The summed E-state index contributed by atoms with van der Waals surface area (Å²) in [4.78, 5) is 9.14. The van der Waals surface area contributed by atoms with Gasteiger partial charge >= 0.3 is 0 Å². The van der Waals surface area contributed by atoms with Crippen molar-refractivity contribution in [1.82, 2.24) is 9.88 Å². The minimum Gasteiger partial charge on any atom is -0.357 e. The molecule has 1 aromatic rings. The van der Waals surface area contributed by atoms with Gasteiger partial charge in [0.15, 0.2) is 0 Å². The van der Waals surface area contributed by atoms with E-state index in [4.69, 9.17) is 0 Å². The summed E-state index contributed by atoms with van der Waals surface area (Å²) in [5.74, 6) is 0.815. The molecule has 21 heavy (non-hydrogen) atoms. The lowest BCUT2D eigenvalue weighted by Gasteiger charge is -2.28. The van der Waals surface area contributed by atoms with Crippen molar-refractivity contribution in [3.63, 3.8) is 0 Å². The summed E-state index contributed by atoms with van der Waals surface area (Å²) >= 11 is 0. The van der Waals surface area contributed by atoms with Gasteiger partial charge in [0.05, 0.1) is 5.56 Å². The van der Waals surface area contributed by atoms with Crippen molar-refractivity contribution in [2.45, 2.75) is 45.6 Å². The molecule has 1 aliphatic rings. The topological polar surface area (TPSA) is 43.2 Å². The monoisotopic (exact) mass is 286 g/mol. The summed E-state index contributed by atoms with van der Waals surface area (Å²) in [6.45, 7) is 5.88. The molecule has 0 unspecified atom stereocenters. The molecule has 0 amide bonds. The van der Waals surface area contributed by atoms with Crippen LogP contribution in [0.5, 0.6) is 0 Å². The quantitative estimate of drug-likeness (QED) is 0.835. The molecule has 0 aliphatic heterocycles. The molecule has 0 radical (unpaired) electrons. The number of hydrogen-bond donors (Lipinski definition) is 0.